The summed E-state index contributed by atoms with van der Waals surface area (Å²) in [7, 11) is 0. The third-order valence-corrected chi connectivity index (χ3v) is 1.57. The molecule has 1 rings (SSSR count). The van der Waals surface area contributed by atoms with Crippen molar-refractivity contribution in [1.82, 2.24) is 5.48 Å². The van der Waals surface area contributed by atoms with Crippen LogP contribution < -0.4 is 5.48 Å². The first-order valence-electron chi connectivity index (χ1n) is 3.18. The highest BCUT2D eigenvalue weighted by atomic mass is 16.7. The Labute approximate surface area is 50.2 Å². The zero-order valence-electron chi connectivity index (χ0n) is 5.48. The minimum atomic E-state index is 0.593. The lowest BCUT2D eigenvalue weighted by molar-refractivity contribution is 0.0807. The molecule has 0 saturated carbocycles. The Hall–Kier alpha value is -0.0800. The summed E-state index contributed by atoms with van der Waals surface area (Å²) in [5.74, 6) is 0.706. The highest BCUT2D eigenvalue weighted by Gasteiger charge is 2.17. The average molecular weight is 115 g/mol. The van der Waals surface area contributed by atoms with Crippen LogP contribution in [-0.4, -0.2) is 12.6 Å². The molecule has 0 aromatic carbocycles. The SMILES string of the molecule is CC(C)C1CCON1. The topological polar surface area (TPSA) is 21.3 Å². The second-order valence-corrected chi connectivity index (χ2v) is 2.61. The van der Waals surface area contributed by atoms with Crippen molar-refractivity contribution in [2.75, 3.05) is 6.61 Å². The summed E-state index contributed by atoms with van der Waals surface area (Å²) >= 11 is 0. The van der Waals surface area contributed by atoms with E-state index < -0.39 is 0 Å². The minimum Gasteiger partial charge on any atom is -0.301 e. The van der Waals surface area contributed by atoms with Gasteiger partial charge in [0.2, 0.25) is 0 Å². The summed E-state index contributed by atoms with van der Waals surface area (Å²) in [4.78, 5) is 4.97. The van der Waals surface area contributed by atoms with E-state index in [9.17, 15) is 0 Å². The fraction of sp³-hybridized carbons (Fsp3) is 1.00. The summed E-state index contributed by atoms with van der Waals surface area (Å²) in [6.45, 7) is 5.28. The number of rotatable bonds is 1. The summed E-state index contributed by atoms with van der Waals surface area (Å²) in [6, 6.07) is 0.593. The van der Waals surface area contributed by atoms with Gasteiger partial charge < -0.3 is 4.84 Å². The number of hydrogen-bond donors (Lipinski definition) is 1. The lowest BCUT2D eigenvalue weighted by atomic mass is 10.0. The van der Waals surface area contributed by atoms with Crippen LogP contribution in [0.5, 0.6) is 0 Å². The van der Waals surface area contributed by atoms with Gasteiger partial charge in [0.15, 0.2) is 0 Å². The predicted octanol–water partition coefficient (Wildman–Crippen LogP) is 0.936. The molecule has 0 aromatic rings. The van der Waals surface area contributed by atoms with Crippen LogP contribution in [0.25, 0.3) is 0 Å². The van der Waals surface area contributed by atoms with Crippen LogP contribution in [0.3, 0.4) is 0 Å². The minimum absolute atomic E-state index is 0.593. The fourth-order valence-corrected chi connectivity index (χ4v) is 0.880. The van der Waals surface area contributed by atoms with Crippen LogP contribution in [0.1, 0.15) is 20.3 Å². The Morgan fingerprint density at radius 1 is 1.62 bits per heavy atom. The van der Waals surface area contributed by atoms with E-state index in [-0.39, 0.29) is 0 Å². The molecule has 48 valence electrons. The molecule has 0 bridgehead atoms. The summed E-state index contributed by atoms with van der Waals surface area (Å²) in [5.41, 5.74) is 2.96. The number of nitrogens with one attached hydrogen (secondary N) is 1. The monoisotopic (exact) mass is 115 g/mol. The van der Waals surface area contributed by atoms with Crippen LogP contribution in [0.15, 0.2) is 0 Å². The second-order valence-electron chi connectivity index (χ2n) is 2.61. The molecular formula is C6H13NO. The molecule has 0 aliphatic carbocycles. The van der Waals surface area contributed by atoms with Crippen LogP contribution in [0.4, 0.5) is 0 Å². The van der Waals surface area contributed by atoms with Gasteiger partial charge in [-0.1, -0.05) is 13.8 Å². The molecule has 0 aromatic heterocycles. The van der Waals surface area contributed by atoms with Crippen molar-refractivity contribution in [1.29, 1.82) is 0 Å². The van der Waals surface area contributed by atoms with Crippen molar-refractivity contribution >= 4 is 0 Å². The van der Waals surface area contributed by atoms with Gasteiger partial charge in [0.05, 0.1) is 6.61 Å². The lowest BCUT2D eigenvalue weighted by Gasteiger charge is -2.10. The van der Waals surface area contributed by atoms with Crippen LogP contribution >= 0.6 is 0 Å². The van der Waals surface area contributed by atoms with Crippen molar-refractivity contribution < 1.29 is 4.84 Å². The quantitative estimate of drug-likeness (QED) is 0.549. The Kier molecular flexibility index (Phi) is 1.86. The van der Waals surface area contributed by atoms with E-state index in [4.69, 9.17) is 4.84 Å². The highest BCUT2D eigenvalue weighted by molar-refractivity contribution is 4.69. The maximum atomic E-state index is 4.97. The van der Waals surface area contributed by atoms with E-state index in [1.54, 1.807) is 0 Å². The van der Waals surface area contributed by atoms with Crippen molar-refractivity contribution in [3.8, 4) is 0 Å². The third-order valence-electron chi connectivity index (χ3n) is 1.57. The molecule has 1 aliphatic heterocycles. The van der Waals surface area contributed by atoms with E-state index >= 15 is 0 Å². The van der Waals surface area contributed by atoms with Crippen LogP contribution in [0, 0.1) is 5.92 Å². The molecule has 1 N–H and O–H groups in total. The molecule has 1 saturated heterocycles. The summed E-state index contributed by atoms with van der Waals surface area (Å²) in [5, 5.41) is 0. The molecule has 0 radical (unpaired) electrons. The predicted molar refractivity (Wildman–Crippen MR) is 32.3 cm³/mol. The molecule has 2 heteroatoms. The van der Waals surface area contributed by atoms with Crippen molar-refractivity contribution in [3.05, 3.63) is 0 Å². The first-order chi connectivity index (χ1) is 3.80. The Balaban J connectivity index is 2.24. The van der Waals surface area contributed by atoms with Crippen LogP contribution in [-0.2, 0) is 4.84 Å². The highest BCUT2D eigenvalue weighted by Crippen LogP contribution is 2.09. The fourth-order valence-electron chi connectivity index (χ4n) is 0.880. The maximum absolute atomic E-state index is 4.97. The molecule has 0 spiro atoms. The van der Waals surface area contributed by atoms with E-state index in [0.29, 0.717) is 12.0 Å². The molecule has 2 nitrogen and oxygen atoms in total. The third kappa shape index (κ3) is 1.20. The molecule has 1 aliphatic rings. The molecular weight excluding hydrogens is 102 g/mol. The first-order valence-corrected chi connectivity index (χ1v) is 3.18. The van der Waals surface area contributed by atoms with E-state index in [2.05, 4.69) is 19.3 Å². The lowest BCUT2D eigenvalue weighted by Crippen LogP contribution is -2.25. The summed E-state index contributed by atoms with van der Waals surface area (Å²) in [6.07, 6.45) is 1.16. The molecule has 1 fully saturated rings. The largest absolute Gasteiger partial charge is 0.301 e. The van der Waals surface area contributed by atoms with Gasteiger partial charge in [-0.15, -0.1) is 0 Å². The Bertz CT molecular complexity index is 66.9. The van der Waals surface area contributed by atoms with Gasteiger partial charge in [-0.2, -0.15) is 5.48 Å². The molecule has 1 heterocycles. The van der Waals surface area contributed by atoms with E-state index in [0.717, 1.165) is 13.0 Å². The first kappa shape index (κ1) is 6.05. The van der Waals surface area contributed by atoms with Crippen LogP contribution in [0.2, 0.25) is 0 Å². The zero-order chi connectivity index (χ0) is 5.98. The summed E-state index contributed by atoms with van der Waals surface area (Å²) < 4.78 is 0. The van der Waals surface area contributed by atoms with Gasteiger partial charge >= 0.3 is 0 Å². The molecule has 8 heavy (non-hydrogen) atoms. The molecule has 0 amide bonds. The normalized spacial score (nSPS) is 29.6. The maximum Gasteiger partial charge on any atom is 0.0698 e. The second kappa shape index (κ2) is 2.46. The average Bonchev–Trinajstić information content (AvgIpc) is 2.12. The van der Waals surface area contributed by atoms with Crippen molar-refractivity contribution in [3.63, 3.8) is 0 Å². The van der Waals surface area contributed by atoms with Gasteiger partial charge in [-0.25, -0.2) is 0 Å². The zero-order valence-corrected chi connectivity index (χ0v) is 5.48. The number of hydroxylamine groups is 1. The molecule has 1 unspecified atom stereocenters. The van der Waals surface area contributed by atoms with Gasteiger partial charge in [0, 0.05) is 6.04 Å². The standard InChI is InChI=1S/C6H13NO/c1-5(2)6-3-4-8-7-6/h5-7H,3-4H2,1-2H3. The van der Waals surface area contributed by atoms with E-state index in [1.807, 2.05) is 0 Å². The number of hydrogen-bond acceptors (Lipinski definition) is 2. The van der Waals surface area contributed by atoms with Gasteiger partial charge in [0.1, 0.15) is 0 Å². The Morgan fingerprint density at radius 3 is 2.62 bits per heavy atom. The van der Waals surface area contributed by atoms with Gasteiger partial charge in [-0.05, 0) is 12.3 Å². The van der Waals surface area contributed by atoms with Gasteiger partial charge in [-0.3, -0.25) is 0 Å². The van der Waals surface area contributed by atoms with Gasteiger partial charge in [0.25, 0.3) is 0 Å². The smallest absolute Gasteiger partial charge is 0.0698 e. The van der Waals surface area contributed by atoms with Crippen molar-refractivity contribution in [2.45, 2.75) is 26.3 Å². The van der Waals surface area contributed by atoms with E-state index in [1.165, 1.54) is 0 Å². The van der Waals surface area contributed by atoms with Crippen molar-refractivity contribution in [2.24, 2.45) is 5.92 Å². The molecule has 1 atom stereocenters. The Morgan fingerprint density at radius 2 is 2.38 bits per heavy atom.